The number of methoxy groups -OCH3 is 1. The molecule has 0 saturated heterocycles. The monoisotopic (exact) mass is 515 g/mol. The van der Waals surface area contributed by atoms with Gasteiger partial charge in [0, 0.05) is 12.1 Å². The highest BCUT2D eigenvalue weighted by molar-refractivity contribution is 6.34. The van der Waals surface area contributed by atoms with Gasteiger partial charge in [0.1, 0.15) is 24.1 Å². The molecule has 0 aliphatic heterocycles. The zero-order valence-electron chi connectivity index (χ0n) is 18.1. The summed E-state index contributed by atoms with van der Waals surface area (Å²) in [6.07, 6.45) is 1.28. The third kappa shape index (κ3) is 6.47. The van der Waals surface area contributed by atoms with Gasteiger partial charge in [-0.25, -0.2) is 4.39 Å². The topological polar surface area (TPSA) is 114 Å². The van der Waals surface area contributed by atoms with Crippen molar-refractivity contribution in [3.63, 3.8) is 0 Å². The van der Waals surface area contributed by atoms with Crippen molar-refractivity contribution in [1.82, 2.24) is 0 Å². The minimum Gasteiger partial charge on any atom is -0.493 e. The summed E-state index contributed by atoms with van der Waals surface area (Å²) in [5.74, 6) is -0.665. The predicted molar refractivity (Wildman–Crippen MR) is 129 cm³/mol. The number of nitro benzene ring substituents is 1. The number of hydrogen-bond acceptors (Lipinski definition) is 6. The van der Waals surface area contributed by atoms with Crippen molar-refractivity contribution in [2.24, 2.45) is 0 Å². The Bertz CT molecular complexity index is 1350. The summed E-state index contributed by atoms with van der Waals surface area (Å²) < 4.78 is 24.2. The van der Waals surface area contributed by atoms with E-state index in [2.05, 4.69) is 5.32 Å². The van der Waals surface area contributed by atoms with Crippen LogP contribution in [0.1, 0.15) is 11.1 Å². The SMILES string of the molecule is COc1cc(C=C(C#N)C(=O)Nc2ccc([N+](=O)[O-])cc2Cl)cc(Cl)c1OCc1ccc(F)cc1. The maximum Gasteiger partial charge on any atom is 0.271 e. The standard InChI is InChI=1S/C24H16Cl2FN3O5/c1-34-22-10-15(9-20(26)23(22)35-13-14-2-4-17(27)5-3-14)8-16(12-28)24(31)29-21-7-6-18(30(32)33)11-19(21)25/h2-11H,13H2,1H3,(H,29,31). The quantitative estimate of drug-likeness (QED) is 0.166. The van der Waals surface area contributed by atoms with Crippen LogP contribution in [0.3, 0.4) is 0 Å². The Kier molecular flexibility index (Phi) is 8.25. The lowest BCUT2D eigenvalue weighted by Gasteiger charge is -2.14. The molecule has 0 aromatic heterocycles. The molecule has 0 saturated carbocycles. The van der Waals surface area contributed by atoms with Crippen LogP contribution >= 0.6 is 23.2 Å². The molecule has 0 fully saturated rings. The second-order valence-corrected chi connectivity index (χ2v) is 7.81. The zero-order valence-corrected chi connectivity index (χ0v) is 19.6. The number of anilines is 1. The number of nitrogens with one attached hydrogen (secondary N) is 1. The molecule has 178 valence electrons. The van der Waals surface area contributed by atoms with Crippen LogP contribution in [0.5, 0.6) is 11.5 Å². The molecule has 8 nitrogen and oxygen atoms in total. The van der Waals surface area contributed by atoms with Crippen LogP contribution in [-0.4, -0.2) is 17.9 Å². The first-order valence-corrected chi connectivity index (χ1v) is 10.6. The molecule has 0 atom stereocenters. The smallest absolute Gasteiger partial charge is 0.271 e. The number of nitro groups is 1. The molecule has 0 unspecified atom stereocenters. The molecule has 3 rings (SSSR count). The van der Waals surface area contributed by atoms with Crippen molar-refractivity contribution in [1.29, 1.82) is 5.26 Å². The first kappa shape index (κ1) is 25.5. The molecule has 0 aliphatic carbocycles. The molecule has 11 heteroatoms. The average Bonchev–Trinajstić information content (AvgIpc) is 2.83. The van der Waals surface area contributed by atoms with Crippen molar-refractivity contribution in [3.8, 4) is 17.6 Å². The second kappa shape index (κ2) is 11.3. The zero-order chi connectivity index (χ0) is 25.5. The largest absolute Gasteiger partial charge is 0.493 e. The normalized spacial score (nSPS) is 10.9. The van der Waals surface area contributed by atoms with Crippen LogP contribution in [0, 0.1) is 27.3 Å². The van der Waals surface area contributed by atoms with Gasteiger partial charge < -0.3 is 14.8 Å². The number of carbonyl (C=O) groups is 1. The molecule has 35 heavy (non-hydrogen) atoms. The maximum absolute atomic E-state index is 13.1. The third-order valence-electron chi connectivity index (χ3n) is 4.64. The number of amides is 1. The number of carbonyl (C=O) groups excluding carboxylic acids is 1. The average molecular weight is 516 g/mol. The number of nitrogens with zero attached hydrogens (tertiary/aromatic N) is 2. The van der Waals surface area contributed by atoms with Crippen molar-refractivity contribution >= 4 is 46.6 Å². The number of non-ortho nitro benzene ring substituents is 1. The van der Waals surface area contributed by atoms with E-state index in [0.29, 0.717) is 11.1 Å². The Hall–Kier alpha value is -4.13. The van der Waals surface area contributed by atoms with Crippen LogP contribution in [0.25, 0.3) is 6.08 Å². The van der Waals surface area contributed by atoms with Crippen LogP contribution < -0.4 is 14.8 Å². The van der Waals surface area contributed by atoms with E-state index in [1.54, 1.807) is 18.2 Å². The van der Waals surface area contributed by atoms with Gasteiger partial charge in [0.25, 0.3) is 11.6 Å². The molecule has 1 N–H and O–H groups in total. The van der Waals surface area contributed by atoms with Gasteiger partial charge in [0.2, 0.25) is 0 Å². The lowest BCUT2D eigenvalue weighted by molar-refractivity contribution is -0.384. The molecular formula is C24H16Cl2FN3O5. The molecule has 0 heterocycles. The van der Waals surface area contributed by atoms with Gasteiger partial charge in [-0.05, 0) is 47.5 Å². The Morgan fingerprint density at radius 1 is 1.17 bits per heavy atom. The van der Waals surface area contributed by atoms with Gasteiger partial charge in [0.05, 0.1) is 27.8 Å². The van der Waals surface area contributed by atoms with Crippen LogP contribution in [-0.2, 0) is 11.4 Å². The summed E-state index contributed by atoms with van der Waals surface area (Å²) in [4.78, 5) is 22.8. The molecule has 1 amide bonds. The number of benzene rings is 3. The number of rotatable bonds is 8. The Morgan fingerprint density at radius 2 is 1.89 bits per heavy atom. The fourth-order valence-corrected chi connectivity index (χ4v) is 3.42. The van der Waals surface area contributed by atoms with Crippen molar-refractivity contribution in [3.05, 3.63) is 97.3 Å². The molecule has 3 aromatic carbocycles. The lowest BCUT2D eigenvalue weighted by atomic mass is 10.1. The molecule has 3 aromatic rings. The summed E-state index contributed by atoms with van der Waals surface area (Å²) in [6, 6.07) is 14.1. The van der Waals surface area contributed by atoms with Crippen LogP contribution in [0.15, 0.2) is 60.2 Å². The molecular weight excluding hydrogens is 500 g/mol. The van der Waals surface area contributed by atoms with E-state index in [-0.39, 0.29) is 50.9 Å². The maximum atomic E-state index is 13.1. The number of ether oxygens (including phenoxy) is 2. The highest BCUT2D eigenvalue weighted by Crippen LogP contribution is 2.37. The van der Waals surface area contributed by atoms with Gasteiger partial charge in [-0.15, -0.1) is 0 Å². The van der Waals surface area contributed by atoms with Gasteiger partial charge in [0.15, 0.2) is 11.5 Å². The van der Waals surface area contributed by atoms with E-state index in [1.165, 1.54) is 49.6 Å². The Labute approximate surface area is 209 Å². The molecule has 0 spiro atoms. The van der Waals surface area contributed by atoms with Crippen LogP contribution in [0.2, 0.25) is 10.0 Å². The highest BCUT2D eigenvalue weighted by atomic mass is 35.5. The van der Waals surface area contributed by atoms with E-state index in [9.17, 15) is 24.6 Å². The molecule has 0 radical (unpaired) electrons. The summed E-state index contributed by atoms with van der Waals surface area (Å²) in [5, 5.41) is 22.9. The van der Waals surface area contributed by atoms with Gasteiger partial charge in [-0.3, -0.25) is 14.9 Å². The lowest BCUT2D eigenvalue weighted by Crippen LogP contribution is -2.13. The third-order valence-corrected chi connectivity index (χ3v) is 5.23. The van der Waals surface area contributed by atoms with E-state index in [0.717, 1.165) is 6.07 Å². The summed E-state index contributed by atoms with van der Waals surface area (Å²) in [5.41, 5.74) is 0.665. The van der Waals surface area contributed by atoms with Gasteiger partial charge in [-0.1, -0.05) is 35.3 Å². The van der Waals surface area contributed by atoms with E-state index >= 15 is 0 Å². The number of nitriles is 1. The van der Waals surface area contributed by atoms with Gasteiger partial charge >= 0.3 is 0 Å². The molecule has 0 aliphatic rings. The second-order valence-electron chi connectivity index (χ2n) is 6.99. The summed E-state index contributed by atoms with van der Waals surface area (Å²) in [6.45, 7) is 0.105. The minimum atomic E-state index is -0.782. The van der Waals surface area contributed by atoms with E-state index in [1.807, 2.05) is 0 Å². The van der Waals surface area contributed by atoms with E-state index < -0.39 is 10.8 Å². The number of halogens is 3. The van der Waals surface area contributed by atoms with Gasteiger partial charge in [-0.2, -0.15) is 5.26 Å². The first-order valence-electron chi connectivity index (χ1n) is 9.83. The Balaban J connectivity index is 1.81. The highest BCUT2D eigenvalue weighted by Gasteiger charge is 2.16. The molecule has 0 bridgehead atoms. The van der Waals surface area contributed by atoms with Crippen molar-refractivity contribution < 1.29 is 23.6 Å². The Morgan fingerprint density at radius 3 is 2.49 bits per heavy atom. The minimum absolute atomic E-state index is 0.0581. The van der Waals surface area contributed by atoms with Crippen molar-refractivity contribution in [2.75, 3.05) is 12.4 Å². The predicted octanol–water partition coefficient (Wildman–Crippen LogP) is 6.17. The first-order chi connectivity index (χ1) is 16.7. The fraction of sp³-hybridized carbons (Fsp3) is 0.0833. The van der Waals surface area contributed by atoms with Crippen molar-refractivity contribution in [2.45, 2.75) is 6.61 Å². The summed E-state index contributed by atoms with van der Waals surface area (Å²) >= 11 is 12.3. The van der Waals surface area contributed by atoms with E-state index in [4.69, 9.17) is 32.7 Å². The number of hydrogen-bond donors (Lipinski definition) is 1. The van der Waals surface area contributed by atoms with Crippen LogP contribution in [0.4, 0.5) is 15.8 Å². The summed E-state index contributed by atoms with van der Waals surface area (Å²) in [7, 11) is 1.40. The fourth-order valence-electron chi connectivity index (χ4n) is 2.92.